The van der Waals surface area contributed by atoms with E-state index in [0.717, 1.165) is 29.6 Å². The molecule has 2 bridgehead atoms. The van der Waals surface area contributed by atoms with E-state index in [2.05, 4.69) is 6.07 Å². The molecule has 13 heavy (non-hydrogen) atoms. The van der Waals surface area contributed by atoms with Crippen LogP contribution in [0, 0.1) is 64.6 Å². The first-order valence-corrected chi connectivity index (χ1v) is 5.44. The number of hydrogen-bond donors (Lipinski definition) is 1. The predicted octanol–water partition coefficient (Wildman–Crippen LogP) is 0.485. The molecule has 1 N–H and O–H groups in total. The number of aliphatic hydroxyl groups excluding tert-OH is 1. The molecular formula is C11H11NO. The lowest BCUT2D eigenvalue weighted by molar-refractivity contribution is 0.0879. The van der Waals surface area contributed by atoms with E-state index in [9.17, 15) is 5.11 Å². The molecular weight excluding hydrogens is 162 g/mol. The van der Waals surface area contributed by atoms with Gasteiger partial charge in [0.15, 0.2) is 0 Å². The van der Waals surface area contributed by atoms with Gasteiger partial charge in [-0.05, 0) is 41.4 Å². The van der Waals surface area contributed by atoms with Crippen molar-refractivity contribution in [2.24, 2.45) is 53.3 Å². The zero-order valence-electron chi connectivity index (χ0n) is 7.17. The molecule has 6 aliphatic carbocycles. The summed E-state index contributed by atoms with van der Waals surface area (Å²) in [5, 5.41) is 19.0. The normalized spacial score (nSPS) is 83.7. The van der Waals surface area contributed by atoms with Gasteiger partial charge >= 0.3 is 0 Å². The monoisotopic (exact) mass is 173 g/mol. The number of aliphatic hydroxyl groups is 1. The minimum atomic E-state index is -0.0929. The van der Waals surface area contributed by atoms with Crippen molar-refractivity contribution in [2.75, 3.05) is 0 Å². The predicted molar refractivity (Wildman–Crippen MR) is 43.0 cm³/mol. The van der Waals surface area contributed by atoms with Crippen molar-refractivity contribution in [3.8, 4) is 6.07 Å². The summed E-state index contributed by atoms with van der Waals surface area (Å²) >= 11 is 0. The third-order valence-electron chi connectivity index (χ3n) is 5.79. The summed E-state index contributed by atoms with van der Waals surface area (Å²) in [5.74, 6) is 6.59. The fourth-order valence-electron chi connectivity index (χ4n) is 5.37. The Morgan fingerprint density at radius 1 is 0.769 bits per heavy atom. The summed E-state index contributed by atoms with van der Waals surface area (Å²) in [5.41, 5.74) is 0. The van der Waals surface area contributed by atoms with Gasteiger partial charge < -0.3 is 5.11 Å². The number of hydrogen-bond acceptors (Lipinski definition) is 2. The maximum Gasteiger partial charge on any atom is 0.0663 e. The Bertz CT molecular complexity index is 363. The SMILES string of the molecule is N#C[C@@H]1[C@H]2[C@H](O)[C@@H]3C4C5C4C5[C@@H]3[C@@H]12. The van der Waals surface area contributed by atoms with Gasteiger partial charge in [-0.15, -0.1) is 0 Å². The van der Waals surface area contributed by atoms with E-state index in [4.69, 9.17) is 5.26 Å². The number of nitrogens with zero attached hydrogens (tertiary/aromatic N) is 1. The first-order valence-electron chi connectivity index (χ1n) is 5.44. The minimum Gasteiger partial charge on any atom is -0.392 e. The Hall–Kier alpha value is -0.550. The molecule has 2 nitrogen and oxygen atoms in total. The Morgan fingerprint density at radius 3 is 1.92 bits per heavy atom. The van der Waals surface area contributed by atoms with Gasteiger partial charge in [0, 0.05) is 5.92 Å². The number of nitriles is 1. The lowest BCUT2D eigenvalue weighted by atomic mass is 9.90. The highest BCUT2D eigenvalue weighted by Crippen LogP contribution is 2.91. The highest BCUT2D eigenvalue weighted by Gasteiger charge is 2.90. The molecule has 8 atom stereocenters. The van der Waals surface area contributed by atoms with E-state index in [1.807, 2.05) is 0 Å². The van der Waals surface area contributed by atoms with Crippen LogP contribution < -0.4 is 0 Å². The topological polar surface area (TPSA) is 44.0 Å². The Kier molecular flexibility index (Phi) is 0.626. The van der Waals surface area contributed by atoms with Gasteiger partial charge in [-0.25, -0.2) is 0 Å². The second-order valence-corrected chi connectivity index (χ2v) is 5.76. The van der Waals surface area contributed by atoms with Crippen LogP contribution in [0.4, 0.5) is 0 Å². The lowest BCUT2D eigenvalue weighted by Gasteiger charge is -2.17. The van der Waals surface area contributed by atoms with E-state index in [-0.39, 0.29) is 12.0 Å². The number of rotatable bonds is 0. The van der Waals surface area contributed by atoms with E-state index in [1.54, 1.807) is 0 Å². The fourth-order valence-corrected chi connectivity index (χ4v) is 5.37. The second-order valence-electron chi connectivity index (χ2n) is 5.76. The third kappa shape index (κ3) is 0.386. The highest BCUT2D eigenvalue weighted by atomic mass is 16.3. The van der Waals surface area contributed by atoms with Gasteiger partial charge in [-0.2, -0.15) is 5.26 Å². The molecule has 0 spiro atoms. The average molecular weight is 173 g/mol. The van der Waals surface area contributed by atoms with Crippen molar-refractivity contribution < 1.29 is 5.11 Å². The summed E-state index contributed by atoms with van der Waals surface area (Å²) in [6, 6.07) is 2.37. The lowest BCUT2D eigenvalue weighted by Crippen LogP contribution is -2.23. The molecule has 2 heteroatoms. The molecule has 0 aliphatic heterocycles. The summed E-state index contributed by atoms with van der Waals surface area (Å²) in [4.78, 5) is 0. The van der Waals surface area contributed by atoms with Crippen LogP contribution in [0.15, 0.2) is 0 Å². The number of fused-ring (bicyclic) bond motifs is 1. The molecule has 0 saturated heterocycles. The van der Waals surface area contributed by atoms with Gasteiger partial charge in [0.2, 0.25) is 0 Å². The van der Waals surface area contributed by atoms with Crippen molar-refractivity contribution >= 4 is 0 Å². The summed E-state index contributed by atoms with van der Waals surface area (Å²) in [7, 11) is 0. The first-order chi connectivity index (χ1) is 6.36. The van der Waals surface area contributed by atoms with Crippen LogP contribution in [0.25, 0.3) is 0 Å². The molecule has 6 rings (SSSR count). The third-order valence-corrected chi connectivity index (χ3v) is 5.79. The van der Waals surface area contributed by atoms with Gasteiger partial charge in [0.25, 0.3) is 0 Å². The maximum atomic E-state index is 10.1. The van der Waals surface area contributed by atoms with Crippen molar-refractivity contribution in [2.45, 2.75) is 6.10 Å². The second kappa shape index (κ2) is 1.35. The molecule has 0 heterocycles. The molecule has 0 radical (unpaired) electrons. The minimum absolute atomic E-state index is 0.0929. The largest absolute Gasteiger partial charge is 0.392 e. The zero-order chi connectivity index (χ0) is 8.48. The standard InChI is InChI=1S/C11H11NO/c12-1-2-3-4(2)11(13)10-5(3)6-7-8(6)9(7)10/h2-11,13H/t2-,3-,4+,5-,6?,7?,8?,9?,10-,11-/m0/s1. The summed E-state index contributed by atoms with van der Waals surface area (Å²) in [6.45, 7) is 0. The van der Waals surface area contributed by atoms with Crippen LogP contribution in [-0.4, -0.2) is 11.2 Å². The summed E-state index contributed by atoms with van der Waals surface area (Å²) < 4.78 is 0. The first kappa shape index (κ1) is 6.03. The molecule has 0 amide bonds. The summed E-state index contributed by atoms with van der Waals surface area (Å²) in [6.07, 6.45) is -0.0929. The van der Waals surface area contributed by atoms with Crippen LogP contribution in [0.3, 0.4) is 0 Å². The molecule has 66 valence electrons. The van der Waals surface area contributed by atoms with Crippen LogP contribution >= 0.6 is 0 Å². The van der Waals surface area contributed by atoms with E-state index >= 15 is 0 Å². The van der Waals surface area contributed by atoms with E-state index < -0.39 is 0 Å². The van der Waals surface area contributed by atoms with Crippen LogP contribution in [0.5, 0.6) is 0 Å². The molecule has 0 aromatic carbocycles. The molecule has 0 aromatic heterocycles. The van der Waals surface area contributed by atoms with Crippen molar-refractivity contribution in [1.82, 2.24) is 0 Å². The quantitative estimate of drug-likeness (QED) is 0.579. The molecule has 6 fully saturated rings. The molecule has 2 unspecified atom stereocenters. The Balaban J connectivity index is 1.62. The molecule has 6 aliphatic rings. The average Bonchev–Trinajstić information content (AvgIpc) is 3.04. The van der Waals surface area contributed by atoms with Crippen molar-refractivity contribution in [1.29, 1.82) is 5.26 Å². The fraction of sp³-hybridized carbons (Fsp3) is 0.909. The van der Waals surface area contributed by atoms with Crippen LogP contribution in [-0.2, 0) is 0 Å². The van der Waals surface area contributed by atoms with Gasteiger partial charge in [0.05, 0.1) is 18.1 Å². The zero-order valence-corrected chi connectivity index (χ0v) is 7.17. The van der Waals surface area contributed by atoms with Gasteiger partial charge in [-0.3, -0.25) is 0 Å². The van der Waals surface area contributed by atoms with Gasteiger partial charge in [-0.1, -0.05) is 0 Å². The Labute approximate surface area is 76.5 Å². The van der Waals surface area contributed by atoms with E-state index in [0.29, 0.717) is 17.8 Å². The van der Waals surface area contributed by atoms with Crippen molar-refractivity contribution in [3.05, 3.63) is 0 Å². The molecule has 6 saturated carbocycles. The maximum absolute atomic E-state index is 10.1. The van der Waals surface area contributed by atoms with E-state index in [1.165, 1.54) is 0 Å². The van der Waals surface area contributed by atoms with Crippen LogP contribution in [0.2, 0.25) is 0 Å². The molecule has 0 aromatic rings. The smallest absolute Gasteiger partial charge is 0.0663 e. The van der Waals surface area contributed by atoms with Crippen LogP contribution in [0.1, 0.15) is 0 Å². The Morgan fingerprint density at radius 2 is 1.31 bits per heavy atom. The van der Waals surface area contributed by atoms with Crippen molar-refractivity contribution in [3.63, 3.8) is 0 Å². The van der Waals surface area contributed by atoms with Gasteiger partial charge in [0.1, 0.15) is 0 Å². The highest BCUT2D eigenvalue weighted by molar-refractivity contribution is 5.38.